The summed E-state index contributed by atoms with van der Waals surface area (Å²) >= 11 is 3.00. The third-order valence-electron chi connectivity index (χ3n) is 2.26. The predicted octanol–water partition coefficient (Wildman–Crippen LogP) is 2.71. The van der Waals surface area contributed by atoms with Crippen LogP contribution in [0.1, 0.15) is 0 Å². The molecule has 0 spiro atoms. The van der Waals surface area contributed by atoms with E-state index in [1.165, 1.54) is 7.11 Å². The second-order valence-corrected chi connectivity index (χ2v) is 4.50. The molecule has 2 rings (SSSR count). The van der Waals surface area contributed by atoms with E-state index in [1.807, 2.05) is 0 Å². The van der Waals surface area contributed by atoms with Gasteiger partial charge in [0, 0.05) is 11.5 Å². The number of hydrogen-bond donors (Lipinski definition) is 2. The molecule has 0 atom stereocenters. The Labute approximate surface area is 121 Å². The number of rotatable bonds is 4. The molecule has 1 aromatic heterocycles. The predicted molar refractivity (Wildman–Crippen MR) is 73.3 cm³/mol. The molecule has 0 fully saturated rings. The van der Waals surface area contributed by atoms with Crippen molar-refractivity contribution >= 4 is 33.5 Å². The Morgan fingerprint density at radius 3 is 2.25 bits per heavy atom. The fourth-order valence-electron chi connectivity index (χ4n) is 1.39. The van der Waals surface area contributed by atoms with E-state index in [1.54, 1.807) is 7.05 Å². The zero-order valence-corrected chi connectivity index (χ0v) is 12.1. The molecule has 0 bridgehead atoms. The topological polar surface area (TPSA) is 72.0 Å². The first-order chi connectivity index (χ1) is 9.53. The molecule has 0 unspecified atom stereocenters. The van der Waals surface area contributed by atoms with Crippen molar-refractivity contribution in [2.75, 3.05) is 24.8 Å². The van der Waals surface area contributed by atoms with Gasteiger partial charge >= 0.3 is 6.01 Å². The van der Waals surface area contributed by atoms with Crippen molar-refractivity contribution < 1.29 is 13.5 Å². The van der Waals surface area contributed by atoms with Crippen LogP contribution in [0, 0.1) is 11.6 Å². The van der Waals surface area contributed by atoms with E-state index in [4.69, 9.17) is 4.74 Å². The summed E-state index contributed by atoms with van der Waals surface area (Å²) in [4.78, 5) is 11.7. The van der Waals surface area contributed by atoms with Gasteiger partial charge in [0.15, 0.2) is 11.6 Å². The number of nitrogens with one attached hydrogen (secondary N) is 2. The van der Waals surface area contributed by atoms with E-state index in [9.17, 15) is 8.78 Å². The van der Waals surface area contributed by atoms with Crippen LogP contribution in [0.15, 0.2) is 16.6 Å². The lowest BCUT2D eigenvalue weighted by atomic mass is 10.3. The number of methoxy groups -OCH3 is 1. The number of ether oxygens (including phenoxy) is 1. The van der Waals surface area contributed by atoms with Crippen LogP contribution in [0.5, 0.6) is 6.01 Å². The maximum atomic E-state index is 13.7. The summed E-state index contributed by atoms with van der Waals surface area (Å²) in [5, 5.41) is 5.15. The van der Waals surface area contributed by atoms with Gasteiger partial charge < -0.3 is 15.4 Å². The first-order valence-corrected chi connectivity index (χ1v) is 6.22. The molecule has 0 aliphatic carbocycles. The fourth-order valence-corrected chi connectivity index (χ4v) is 1.79. The third-order valence-corrected chi connectivity index (χ3v) is 2.72. The SMILES string of the molecule is CNc1nc(Nc2c(F)cc(Br)cc2F)nc(OC)n1. The van der Waals surface area contributed by atoms with E-state index in [0.717, 1.165) is 12.1 Å². The lowest BCUT2D eigenvalue weighted by molar-refractivity contribution is 0.379. The Morgan fingerprint density at radius 2 is 1.70 bits per heavy atom. The summed E-state index contributed by atoms with van der Waals surface area (Å²) in [6.07, 6.45) is 0. The molecule has 1 aromatic carbocycles. The minimum absolute atomic E-state index is 0.0183. The van der Waals surface area contributed by atoms with Gasteiger partial charge in [0.05, 0.1) is 7.11 Å². The average Bonchev–Trinajstić information content (AvgIpc) is 2.42. The molecule has 6 nitrogen and oxygen atoms in total. The molecule has 0 amide bonds. The highest BCUT2D eigenvalue weighted by atomic mass is 79.9. The van der Waals surface area contributed by atoms with Gasteiger partial charge in [0.25, 0.3) is 0 Å². The Bertz CT molecular complexity index is 595. The number of nitrogens with zero attached hydrogens (tertiary/aromatic N) is 3. The lowest BCUT2D eigenvalue weighted by Gasteiger charge is -2.09. The highest BCUT2D eigenvalue weighted by molar-refractivity contribution is 9.10. The molecule has 1 heterocycles. The van der Waals surface area contributed by atoms with Gasteiger partial charge in [-0.05, 0) is 12.1 Å². The zero-order valence-electron chi connectivity index (χ0n) is 10.5. The first-order valence-electron chi connectivity index (χ1n) is 5.43. The third kappa shape index (κ3) is 3.10. The van der Waals surface area contributed by atoms with Gasteiger partial charge in [-0.2, -0.15) is 15.0 Å². The van der Waals surface area contributed by atoms with Gasteiger partial charge in [-0.3, -0.25) is 0 Å². The monoisotopic (exact) mass is 345 g/mol. The van der Waals surface area contributed by atoms with Crippen molar-refractivity contribution in [2.24, 2.45) is 0 Å². The largest absolute Gasteiger partial charge is 0.467 e. The Kier molecular flexibility index (Phi) is 4.28. The van der Waals surface area contributed by atoms with Crippen molar-refractivity contribution in [2.45, 2.75) is 0 Å². The summed E-state index contributed by atoms with van der Waals surface area (Å²) in [5.74, 6) is -1.39. The van der Waals surface area contributed by atoms with Gasteiger partial charge in [-0.15, -0.1) is 0 Å². The number of halogens is 3. The minimum Gasteiger partial charge on any atom is -0.467 e. The van der Waals surface area contributed by atoms with Crippen LogP contribution < -0.4 is 15.4 Å². The Balaban J connectivity index is 2.39. The summed E-state index contributed by atoms with van der Waals surface area (Å²) in [6, 6.07) is 2.27. The van der Waals surface area contributed by atoms with Crippen LogP contribution >= 0.6 is 15.9 Å². The number of benzene rings is 1. The normalized spacial score (nSPS) is 10.2. The van der Waals surface area contributed by atoms with Gasteiger partial charge in [-0.1, -0.05) is 15.9 Å². The van der Waals surface area contributed by atoms with E-state index in [0.29, 0.717) is 4.47 Å². The number of anilines is 3. The van der Waals surface area contributed by atoms with Gasteiger partial charge in [0.1, 0.15) is 5.69 Å². The molecule has 9 heteroatoms. The van der Waals surface area contributed by atoms with Crippen LogP contribution in [0.4, 0.5) is 26.4 Å². The quantitative estimate of drug-likeness (QED) is 0.887. The molecule has 2 aromatic rings. The molecule has 0 aliphatic rings. The van der Waals surface area contributed by atoms with Crippen molar-refractivity contribution in [1.82, 2.24) is 15.0 Å². The van der Waals surface area contributed by atoms with E-state index < -0.39 is 11.6 Å². The van der Waals surface area contributed by atoms with Crippen molar-refractivity contribution in [3.8, 4) is 6.01 Å². The van der Waals surface area contributed by atoms with E-state index in [2.05, 4.69) is 41.5 Å². The molecule has 0 saturated heterocycles. The Hall–Kier alpha value is -2.03. The highest BCUT2D eigenvalue weighted by Gasteiger charge is 2.13. The van der Waals surface area contributed by atoms with Crippen molar-refractivity contribution in [3.63, 3.8) is 0 Å². The molecular weight excluding hydrogens is 336 g/mol. The number of aromatic nitrogens is 3. The second kappa shape index (κ2) is 5.95. The van der Waals surface area contributed by atoms with Gasteiger partial charge in [-0.25, -0.2) is 8.78 Å². The summed E-state index contributed by atoms with van der Waals surface area (Å²) in [5.41, 5.74) is -0.358. The molecule has 0 saturated carbocycles. The zero-order chi connectivity index (χ0) is 14.7. The second-order valence-electron chi connectivity index (χ2n) is 3.59. The molecule has 2 N–H and O–H groups in total. The standard InChI is InChI=1S/C11H10BrF2N5O/c1-15-9-17-10(19-11(18-9)20-2)16-8-6(13)3-5(12)4-7(8)14/h3-4H,1-2H3,(H2,15,16,17,18,19). The van der Waals surface area contributed by atoms with Crippen molar-refractivity contribution in [3.05, 3.63) is 28.2 Å². The maximum Gasteiger partial charge on any atom is 0.322 e. The fraction of sp³-hybridized carbons (Fsp3) is 0.182. The maximum absolute atomic E-state index is 13.7. The molecule has 0 radical (unpaired) electrons. The minimum atomic E-state index is -0.776. The van der Waals surface area contributed by atoms with E-state index >= 15 is 0 Å². The average molecular weight is 346 g/mol. The smallest absolute Gasteiger partial charge is 0.322 e. The van der Waals surface area contributed by atoms with Crippen LogP contribution in [0.2, 0.25) is 0 Å². The summed E-state index contributed by atoms with van der Waals surface area (Å²) < 4.78 is 32.6. The molecule has 20 heavy (non-hydrogen) atoms. The van der Waals surface area contributed by atoms with Crippen LogP contribution in [-0.2, 0) is 0 Å². The molecule has 0 aliphatic heterocycles. The number of hydrogen-bond acceptors (Lipinski definition) is 6. The first kappa shape index (κ1) is 14.4. The molecule has 106 valence electrons. The van der Waals surface area contributed by atoms with Crippen LogP contribution in [-0.4, -0.2) is 29.1 Å². The highest BCUT2D eigenvalue weighted by Crippen LogP contribution is 2.26. The Morgan fingerprint density at radius 1 is 1.10 bits per heavy atom. The van der Waals surface area contributed by atoms with E-state index in [-0.39, 0.29) is 23.6 Å². The van der Waals surface area contributed by atoms with Crippen molar-refractivity contribution in [1.29, 1.82) is 0 Å². The summed E-state index contributed by atoms with van der Waals surface area (Å²) in [7, 11) is 2.97. The van der Waals surface area contributed by atoms with Crippen LogP contribution in [0.25, 0.3) is 0 Å². The molecular formula is C11H10BrF2N5O. The lowest BCUT2D eigenvalue weighted by Crippen LogP contribution is -2.07. The van der Waals surface area contributed by atoms with Crippen LogP contribution in [0.3, 0.4) is 0 Å². The summed E-state index contributed by atoms with van der Waals surface area (Å²) in [6.45, 7) is 0. The van der Waals surface area contributed by atoms with Gasteiger partial charge in [0.2, 0.25) is 11.9 Å².